The number of aromatic nitrogens is 1. The minimum absolute atomic E-state index is 0.0589. The van der Waals surface area contributed by atoms with Crippen molar-refractivity contribution in [1.29, 1.82) is 0 Å². The van der Waals surface area contributed by atoms with Gasteiger partial charge < -0.3 is 0 Å². The number of pyridine rings is 1. The average molecular weight is 681 g/mol. The second-order valence-electron chi connectivity index (χ2n) is 11.3. The number of aryl methyl sites for hydroxylation is 4. The fourth-order valence-corrected chi connectivity index (χ4v) is 14.0. The number of rotatable bonds is 4. The number of fused-ring (bicyclic) bond motifs is 1. The molecule has 0 N–H and O–H groups in total. The summed E-state index contributed by atoms with van der Waals surface area (Å²) in [6.45, 7) is 13.6. The van der Waals surface area contributed by atoms with Crippen LogP contribution in [0.25, 0.3) is 22.0 Å². The first-order chi connectivity index (χ1) is 17.6. The zero-order valence-corrected chi connectivity index (χ0v) is 26.6. The van der Waals surface area contributed by atoms with Gasteiger partial charge >= 0.3 is 232 Å². The average Bonchev–Trinajstić information content (AvgIpc) is 2.87. The topological polar surface area (TPSA) is 3.88 Å². The zero-order chi connectivity index (χ0) is 26.3. The van der Waals surface area contributed by atoms with E-state index in [1.165, 1.54) is 54.1 Å². The second kappa shape index (κ2) is 10.1. The van der Waals surface area contributed by atoms with E-state index >= 15 is 0 Å². The molecule has 186 valence electrons. The van der Waals surface area contributed by atoms with Crippen molar-refractivity contribution in [2.24, 2.45) is 7.05 Å². The molecule has 5 aromatic rings. The van der Waals surface area contributed by atoms with Crippen LogP contribution in [0, 0.1) is 20.8 Å². The van der Waals surface area contributed by atoms with Crippen molar-refractivity contribution in [3.8, 4) is 11.3 Å². The Morgan fingerprint density at radius 3 is 1.70 bits per heavy atom. The minimum atomic E-state index is -2.49. The molecule has 0 saturated heterocycles. The van der Waals surface area contributed by atoms with Crippen LogP contribution in [0.2, 0.25) is 0 Å². The molecule has 0 radical (unpaired) electrons. The first-order valence-corrected chi connectivity index (χ1v) is 18.3. The van der Waals surface area contributed by atoms with Crippen LogP contribution < -0.4 is 14.4 Å². The van der Waals surface area contributed by atoms with Crippen molar-refractivity contribution < 1.29 is 4.57 Å². The van der Waals surface area contributed by atoms with Crippen LogP contribution >= 0.6 is 0 Å². The summed E-state index contributed by atoms with van der Waals surface area (Å²) in [6, 6.07) is 34.8. The van der Waals surface area contributed by atoms with E-state index in [0.717, 1.165) is 0 Å². The van der Waals surface area contributed by atoms with Gasteiger partial charge in [0.25, 0.3) is 0 Å². The molecular weight excluding hydrogens is 643 g/mol. The molecule has 2 heteroatoms. The molecule has 0 aliphatic heterocycles. The van der Waals surface area contributed by atoms with Crippen molar-refractivity contribution in [3.05, 3.63) is 119 Å². The van der Waals surface area contributed by atoms with Gasteiger partial charge in [-0.05, 0) is 0 Å². The number of hydrogen-bond acceptors (Lipinski definition) is 0. The fourth-order valence-electron chi connectivity index (χ4n) is 5.21. The molecule has 0 saturated carbocycles. The molecule has 37 heavy (non-hydrogen) atoms. The van der Waals surface area contributed by atoms with Gasteiger partial charge in [-0.25, -0.2) is 0 Å². The predicted molar refractivity (Wildman–Crippen MR) is 161 cm³/mol. The number of benzene rings is 4. The van der Waals surface area contributed by atoms with Crippen LogP contribution in [0.1, 0.15) is 43.0 Å². The summed E-state index contributed by atoms with van der Waals surface area (Å²) in [6.07, 6.45) is 2.28. The van der Waals surface area contributed by atoms with Crippen LogP contribution in [0.4, 0.5) is 0 Å². The van der Waals surface area contributed by atoms with E-state index in [-0.39, 0.29) is 5.41 Å². The van der Waals surface area contributed by atoms with Gasteiger partial charge in [0.2, 0.25) is 0 Å². The van der Waals surface area contributed by atoms with Crippen molar-refractivity contribution in [2.45, 2.75) is 47.0 Å². The quantitative estimate of drug-likeness (QED) is 0.160. The Balaban J connectivity index is 1.75. The molecule has 4 aromatic carbocycles. The number of nitrogens with zero attached hydrogens (tertiary/aromatic N) is 1. The fraction of sp³-hybridized carbons (Fsp3) is 0.229. The van der Waals surface area contributed by atoms with Gasteiger partial charge in [0.15, 0.2) is 0 Å². The molecule has 0 bridgehead atoms. The second-order valence-corrected chi connectivity index (χ2v) is 19.9. The summed E-state index contributed by atoms with van der Waals surface area (Å²) >= 11 is -2.49. The third-order valence-electron chi connectivity index (χ3n) is 7.37. The Labute approximate surface area is 230 Å². The molecule has 0 fully saturated rings. The standard InChI is InChI=1S/C21H23N.2C7H7.Bi/c1-15-16-10-6-7-11-17(16)19(21(2,3)4)14-18(15)20-12-8-9-13-22(20)5;2*1-7-5-3-2-4-6-7;/h6-7,9-14H,1-5H3;2*3-6H,1H3;/q+1;;;. The van der Waals surface area contributed by atoms with E-state index in [1.807, 2.05) is 0 Å². The van der Waals surface area contributed by atoms with Gasteiger partial charge in [-0.2, -0.15) is 0 Å². The maximum absolute atomic E-state index is 2.50. The van der Waals surface area contributed by atoms with Gasteiger partial charge in [-0.1, -0.05) is 0 Å². The van der Waals surface area contributed by atoms with E-state index in [2.05, 4.69) is 150 Å². The van der Waals surface area contributed by atoms with Gasteiger partial charge in [0, 0.05) is 0 Å². The molecule has 0 unspecified atom stereocenters. The summed E-state index contributed by atoms with van der Waals surface area (Å²) in [7, 11) is 2.19. The zero-order valence-electron chi connectivity index (χ0n) is 23.1. The summed E-state index contributed by atoms with van der Waals surface area (Å²) in [4.78, 5) is 0. The molecule has 0 aliphatic rings. The van der Waals surface area contributed by atoms with Crippen molar-refractivity contribution >= 4 is 42.3 Å². The molecule has 1 heterocycles. The Morgan fingerprint density at radius 2 is 1.16 bits per heavy atom. The predicted octanol–water partition coefficient (Wildman–Crippen LogP) is 6.07. The Kier molecular flexibility index (Phi) is 7.08. The maximum atomic E-state index is 2.50. The molecule has 0 spiro atoms. The Morgan fingerprint density at radius 1 is 0.622 bits per heavy atom. The van der Waals surface area contributed by atoms with Crippen molar-refractivity contribution in [3.63, 3.8) is 0 Å². The first kappa shape index (κ1) is 25.8. The van der Waals surface area contributed by atoms with Gasteiger partial charge in [-0.3, -0.25) is 0 Å². The van der Waals surface area contributed by atoms with E-state index in [0.29, 0.717) is 0 Å². The molecule has 0 aliphatic carbocycles. The molecule has 5 rings (SSSR count). The van der Waals surface area contributed by atoms with Crippen LogP contribution in [0.3, 0.4) is 0 Å². The first-order valence-electron chi connectivity index (χ1n) is 13.1. The van der Waals surface area contributed by atoms with Crippen LogP contribution in [-0.2, 0) is 12.5 Å². The van der Waals surface area contributed by atoms with E-state index in [9.17, 15) is 0 Å². The van der Waals surface area contributed by atoms with Crippen LogP contribution in [0.15, 0.2) is 97.2 Å². The third-order valence-corrected chi connectivity index (χ3v) is 16.8. The van der Waals surface area contributed by atoms with Crippen molar-refractivity contribution in [2.75, 3.05) is 0 Å². The molecule has 1 aromatic heterocycles. The molecular formula is C35H37BiN+. The third kappa shape index (κ3) is 5.14. The van der Waals surface area contributed by atoms with Gasteiger partial charge in [0.1, 0.15) is 0 Å². The summed E-state index contributed by atoms with van der Waals surface area (Å²) < 4.78 is 6.87. The monoisotopic (exact) mass is 680 g/mol. The summed E-state index contributed by atoms with van der Waals surface area (Å²) in [5.41, 5.74) is 8.09. The normalized spacial score (nSPS) is 11.9. The van der Waals surface area contributed by atoms with E-state index in [1.54, 1.807) is 0 Å². The molecule has 0 atom stereocenters. The number of hydrogen-bond donors (Lipinski definition) is 0. The SMILES string of the molecule is Cc1cc[c]([Bi]([c]2ccc(C)cc2)[c]2cc[n+](C)c(-c3cc(C(C)(C)C)c4ccccc4c3C)c2)cc1. The van der Waals surface area contributed by atoms with Gasteiger partial charge in [-0.15, -0.1) is 0 Å². The summed E-state index contributed by atoms with van der Waals surface area (Å²) in [5.74, 6) is 0. The summed E-state index contributed by atoms with van der Waals surface area (Å²) in [5, 5.41) is 2.72. The molecule has 0 amide bonds. The Hall–Kier alpha value is -2.83. The van der Waals surface area contributed by atoms with E-state index in [4.69, 9.17) is 0 Å². The van der Waals surface area contributed by atoms with E-state index < -0.39 is 21.8 Å². The Bertz CT molecular complexity index is 1530. The van der Waals surface area contributed by atoms with Crippen molar-refractivity contribution in [1.82, 2.24) is 0 Å². The molecule has 1 nitrogen and oxygen atoms in total. The van der Waals surface area contributed by atoms with Gasteiger partial charge in [0.05, 0.1) is 0 Å². The van der Waals surface area contributed by atoms with Crippen LogP contribution in [-0.4, -0.2) is 21.8 Å². The van der Waals surface area contributed by atoms with Crippen LogP contribution in [0.5, 0.6) is 0 Å².